The van der Waals surface area contributed by atoms with Crippen molar-refractivity contribution in [1.29, 1.82) is 0 Å². The average molecular weight is 332 g/mol. The van der Waals surface area contributed by atoms with Crippen molar-refractivity contribution in [3.63, 3.8) is 0 Å². The van der Waals surface area contributed by atoms with E-state index in [0.29, 0.717) is 4.73 Å². The number of hydrogen-bond donors (Lipinski definition) is 3. The van der Waals surface area contributed by atoms with Crippen LogP contribution in [0.5, 0.6) is 0 Å². The molecule has 0 aliphatic rings. The summed E-state index contributed by atoms with van der Waals surface area (Å²) >= 11 is 4.76. The van der Waals surface area contributed by atoms with E-state index >= 15 is 0 Å². The van der Waals surface area contributed by atoms with E-state index in [9.17, 15) is 0 Å². The standard InChI is InChI=1S/C7H15NOSe.CH3NOSe/c1-3-5-8(6-4-2)7(9)10;2-1(3)4/h3-6H2,1-2H3,(H,9,10);(H3,2,3,4). The van der Waals surface area contributed by atoms with Crippen molar-refractivity contribution >= 4 is 40.6 Å². The molecule has 6 heteroatoms. The Morgan fingerprint density at radius 2 is 1.43 bits per heavy atom. The van der Waals surface area contributed by atoms with Gasteiger partial charge in [0, 0.05) is 0 Å². The molecule has 14 heavy (non-hydrogen) atoms. The third-order valence-corrected chi connectivity index (χ3v) is 1.80. The minimum absolute atomic E-state index is 0.208. The van der Waals surface area contributed by atoms with Gasteiger partial charge in [-0.05, 0) is 0 Å². The zero-order valence-electron chi connectivity index (χ0n) is 8.56. The number of nitrogens with two attached hydrogens (primary N) is 1. The van der Waals surface area contributed by atoms with Gasteiger partial charge in [-0.15, -0.1) is 0 Å². The van der Waals surface area contributed by atoms with E-state index in [-0.39, 0.29) is 4.73 Å². The molecule has 0 bridgehead atoms. The van der Waals surface area contributed by atoms with Gasteiger partial charge in [0.25, 0.3) is 0 Å². The van der Waals surface area contributed by atoms with Gasteiger partial charge in [0.1, 0.15) is 0 Å². The second-order valence-corrected chi connectivity index (χ2v) is 4.25. The van der Waals surface area contributed by atoms with Crippen molar-refractivity contribution in [3.05, 3.63) is 0 Å². The summed E-state index contributed by atoms with van der Waals surface area (Å²) in [4.78, 5) is 1.94. The third kappa shape index (κ3) is 14.5. The van der Waals surface area contributed by atoms with Crippen molar-refractivity contribution in [2.24, 2.45) is 5.73 Å². The summed E-state index contributed by atoms with van der Waals surface area (Å²) in [6.45, 7) is 6.08. The van der Waals surface area contributed by atoms with E-state index in [4.69, 9.17) is 10.2 Å². The van der Waals surface area contributed by atoms with Crippen LogP contribution in [0.2, 0.25) is 0 Å². The van der Waals surface area contributed by atoms with Crippen LogP contribution in [0.3, 0.4) is 0 Å². The molecule has 0 unspecified atom stereocenters. The molecule has 0 aliphatic heterocycles. The third-order valence-electron chi connectivity index (χ3n) is 1.26. The summed E-state index contributed by atoms with van der Waals surface area (Å²) in [6.07, 6.45) is 2.15. The summed E-state index contributed by atoms with van der Waals surface area (Å²) in [6, 6.07) is 0. The van der Waals surface area contributed by atoms with Gasteiger partial charge in [0.05, 0.1) is 0 Å². The fourth-order valence-corrected chi connectivity index (χ4v) is 1.23. The first-order chi connectivity index (χ1) is 6.45. The van der Waals surface area contributed by atoms with Crippen LogP contribution < -0.4 is 5.73 Å². The summed E-state index contributed by atoms with van der Waals surface area (Å²) in [5.74, 6) is 0. The molecule has 0 amide bonds. The number of rotatable bonds is 5. The van der Waals surface area contributed by atoms with E-state index in [0.717, 1.165) is 25.9 Å². The van der Waals surface area contributed by atoms with Crippen molar-refractivity contribution in [3.8, 4) is 0 Å². The molecular weight excluding hydrogens is 314 g/mol. The van der Waals surface area contributed by atoms with E-state index in [1.807, 2.05) is 4.90 Å². The zero-order valence-corrected chi connectivity index (χ0v) is 12.0. The number of aliphatic hydroxyl groups excluding tert-OH is 2. The molecule has 4 N–H and O–H groups in total. The van der Waals surface area contributed by atoms with Crippen LogP contribution in [0.1, 0.15) is 26.7 Å². The van der Waals surface area contributed by atoms with Gasteiger partial charge in [-0.3, -0.25) is 0 Å². The Bertz CT molecular complexity index is 167. The summed E-state index contributed by atoms with van der Waals surface area (Å²) in [5, 5.41) is 16.8. The monoisotopic (exact) mass is 334 g/mol. The first kappa shape index (κ1) is 16.4. The van der Waals surface area contributed by atoms with Crippen LogP contribution in [0.25, 0.3) is 0 Å². The molecule has 0 radical (unpaired) electrons. The van der Waals surface area contributed by atoms with Crippen LogP contribution in [0.4, 0.5) is 0 Å². The van der Waals surface area contributed by atoms with Crippen LogP contribution in [-0.2, 0) is 0 Å². The van der Waals surface area contributed by atoms with Gasteiger partial charge >= 0.3 is 101 Å². The summed E-state index contributed by atoms with van der Waals surface area (Å²) in [7, 11) is 0. The van der Waals surface area contributed by atoms with Crippen molar-refractivity contribution in [2.75, 3.05) is 13.1 Å². The first-order valence-corrected chi connectivity index (χ1v) is 6.13. The fraction of sp³-hybridized carbons (Fsp3) is 0.750. The zero-order chi connectivity index (χ0) is 11.6. The SMILES string of the molecule is CCCN(CCC)C(O)=[Se].NC(O)=[Se]. The van der Waals surface area contributed by atoms with Crippen LogP contribution in [0.15, 0.2) is 0 Å². The predicted octanol–water partition coefficient (Wildman–Crippen LogP) is -0.690. The molecule has 84 valence electrons. The average Bonchev–Trinajstić information content (AvgIpc) is 2.02. The number of aliphatic hydroxyl groups is 2. The maximum absolute atomic E-state index is 9.06. The van der Waals surface area contributed by atoms with Gasteiger partial charge in [0.2, 0.25) is 0 Å². The topological polar surface area (TPSA) is 69.7 Å². The Hall–Kier alpha value is -0.0210. The molecule has 0 saturated carbocycles. The number of nitrogens with zero attached hydrogens (tertiary/aromatic N) is 1. The van der Waals surface area contributed by atoms with Gasteiger partial charge in [0.15, 0.2) is 0 Å². The van der Waals surface area contributed by atoms with Gasteiger partial charge in [-0.2, -0.15) is 0 Å². The maximum atomic E-state index is 9.06. The molecule has 0 heterocycles. The Labute approximate surface area is 101 Å². The quantitative estimate of drug-likeness (QED) is 0.583. The van der Waals surface area contributed by atoms with E-state index in [1.54, 1.807) is 0 Å². The second-order valence-electron chi connectivity index (χ2n) is 2.61. The molecule has 0 aromatic heterocycles. The van der Waals surface area contributed by atoms with Crippen molar-refractivity contribution < 1.29 is 10.2 Å². The van der Waals surface area contributed by atoms with Crippen molar-refractivity contribution in [2.45, 2.75) is 26.7 Å². The van der Waals surface area contributed by atoms with Crippen LogP contribution >= 0.6 is 0 Å². The van der Waals surface area contributed by atoms with Gasteiger partial charge in [-0.1, -0.05) is 0 Å². The van der Waals surface area contributed by atoms with Crippen molar-refractivity contribution in [1.82, 2.24) is 4.90 Å². The molecule has 0 aromatic rings. The van der Waals surface area contributed by atoms with E-state index < -0.39 is 0 Å². The van der Waals surface area contributed by atoms with E-state index in [2.05, 4.69) is 50.7 Å². The normalized spacial score (nSPS) is 8.43. The molecular formula is C8H18N2O2Se2. The molecule has 0 spiro atoms. The van der Waals surface area contributed by atoms with Gasteiger partial charge < -0.3 is 0 Å². The molecule has 0 aliphatic carbocycles. The number of hydrogen-bond acceptors (Lipinski definition) is 4. The molecule has 0 saturated heterocycles. The summed E-state index contributed by atoms with van der Waals surface area (Å²) < 4.78 is 0.115. The van der Waals surface area contributed by atoms with Crippen LogP contribution in [0, 0.1) is 0 Å². The first-order valence-electron chi connectivity index (χ1n) is 4.41. The fourth-order valence-electron chi connectivity index (χ4n) is 0.843. The molecule has 0 atom stereocenters. The predicted molar refractivity (Wildman–Crippen MR) is 61.7 cm³/mol. The Morgan fingerprint density at radius 1 is 1.14 bits per heavy atom. The molecule has 0 aromatic carbocycles. The van der Waals surface area contributed by atoms with E-state index in [1.165, 1.54) is 0 Å². The van der Waals surface area contributed by atoms with Gasteiger partial charge in [-0.25, -0.2) is 0 Å². The Kier molecular flexibility index (Phi) is 13.0. The Morgan fingerprint density at radius 3 is 1.57 bits per heavy atom. The molecule has 4 nitrogen and oxygen atoms in total. The Balaban J connectivity index is 0. The van der Waals surface area contributed by atoms with Crippen LogP contribution in [-0.4, -0.2) is 68.8 Å². The minimum atomic E-state index is -0.208. The summed E-state index contributed by atoms with van der Waals surface area (Å²) in [5.41, 5.74) is 4.53. The molecule has 0 rings (SSSR count). The molecule has 0 fully saturated rings. The second kappa shape index (κ2) is 11.1.